The predicted octanol–water partition coefficient (Wildman–Crippen LogP) is 2.14. The van der Waals surface area contributed by atoms with Crippen molar-refractivity contribution in [3.63, 3.8) is 0 Å². The SMILES string of the molecule is CC1(C)O[C@H]2O[C@@H]3[C@@H](O)C=CC[C@]3(OCc3ccccc3)[C@H]2O1. The third kappa shape index (κ3) is 2.53. The lowest BCUT2D eigenvalue weighted by Crippen LogP contribution is -2.56. The quantitative estimate of drug-likeness (QED) is 0.865. The van der Waals surface area contributed by atoms with E-state index in [0.29, 0.717) is 13.0 Å². The van der Waals surface area contributed by atoms with E-state index in [2.05, 4.69) is 0 Å². The fourth-order valence-corrected chi connectivity index (χ4v) is 3.69. The Hall–Kier alpha value is -1.24. The molecule has 4 rings (SSSR count). The highest BCUT2D eigenvalue weighted by Crippen LogP contribution is 2.49. The topological polar surface area (TPSA) is 57.2 Å². The van der Waals surface area contributed by atoms with Crippen LogP contribution in [0.1, 0.15) is 25.8 Å². The molecule has 0 bridgehead atoms. The van der Waals surface area contributed by atoms with Crippen LogP contribution in [0.5, 0.6) is 0 Å². The minimum absolute atomic E-state index is 0.356. The Morgan fingerprint density at radius 1 is 1.17 bits per heavy atom. The molecule has 1 aliphatic carbocycles. The second kappa shape index (κ2) is 5.40. The first-order valence-electron chi connectivity index (χ1n) is 8.04. The number of aliphatic hydroxyl groups is 1. The van der Waals surface area contributed by atoms with E-state index in [1.807, 2.05) is 50.3 Å². The first-order chi connectivity index (χ1) is 11.0. The highest BCUT2D eigenvalue weighted by molar-refractivity contribution is 5.20. The van der Waals surface area contributed by atoms with E-state index in [1.165, 1.54) is 0 Å². The molecule has 0 radical (unpaired) electrons. The van der Waals surface area contributed by atoms with Crippen molar-refractivity contribution in [3.8, 4) is 0 Å². The summed E-state index contributed by atoms with van der Waals surface area (Å²) in [5.41, 5.74) is 0.342. The average Bonchev–Trinajstić information content (AvgIpc) is 2.98. The van der Waals surface area contributed by atoms with E-state index in [9.17, 15) is 5.11 Å². The van der Waals surface area contributed by atoms with Gasteiger partial charge in [-0.05, 0) is 25.8 Å². The van der Waals surface area contributed by atoms with Gasteiger partial charge < -0.3 is 24.1 Å². The summed E-state index contributed by atoms with van der Waals surface area (Å²) in [5, 5.41) is 10.3. The maximum absolute atomic E-state index is 10.3. The number of hydrogen-bond acceptors (Lipinski definition) is 5. The number of benzene rings is 1. The summed E-state index contributed by atoms with van der Waals surface area (Å²) in [4.78, 5) is 0. The Morgan fingerprint density at radius 2 is 1.96 bits per heavy atom. The lowest BCUT2D eigenvalue weighted by molar-refractivity contribution is -0.249. The summed E-state index contributed by atoms with van der Waals surface area (Å²) >= 11 is 0. The average molecular weight is 318 g/mol. The van der Waals surface area contributed by atoms with Crippen LogP contribution in [-0.2, 0) is 25.6 Å². The maximum atomic E-state index is 10.3. The number of ether oxygens (including phenoxy) is 4. The molecule has 5 nitrogen and oxygen atoms in total. The van der Waals surface area contributed by atoms with Crippen LogP contribution in [0.3, 0.4) is 0 Å². The highest BCUT2D eigenvalue weighted by atomic mass is 16.8. The third-order valence-electron chi connectivity index (χ3n) is 4.73. The summed E-state index contributed by atoms with van der Waals surface area (Å²) < 4.78 is 24.2. The van der Waals surface area contributed by atoms with Crippen molar-refractivity contribution in [1.82, 2.24) is 0 Å². The van der Waals surface area contributed by atoms with Crippen molar-refractivity contribution in [1.29, 1.82) is 0 Å². The normalized spacial score (nSPS) is 40.8. The molecule has 1 N–H and O–H groups in total. The molecule has 0 aromatic heterocycles. The molecule has 5 heteroatoms. The maximum Gasteiger partial charge on any atom is 0.190 e. The Bertz CT molecular complexity index is 599. The molecule has 1 aromatic rings. The predicted molar refractivity (Wildman–Crippen MR) is 82.4 cm³/mol. The molecule has 2 fully saturated rings. The Balaban J connectivity index is 1.62. The van der Waals surface area contributed by atoms with Gasteiger partial charge in [0.25, 0.3) is 0 Å². The fourth-order valence-electron chi connectivity index (χ4n) is 3.69. The largest absolute Gasteiger partial charge is 0.386 e. The first kappa shape index (κ1) is 15.3. The lowest BCUT2D eigenvalue weighted by atomic mass is 9.82. The van der Waals surface area contributed by atoms with Crippen LogP contribution < -0.4 is 0 Å². The van der Waals surface area contributed by atoms with Gasteiger partial charge in [0, 0.05) is 0 Å². The zero-order valence-corrected chi connectivity index (χ0v) is 13.3. The van der Waals surface area contributed by atoms with Crippen LogP contribution in [0.4, 0.5) is 0 Å². The van der Waals surface area contributed by atoms with Gasteiger partial charge in [0.15, 0.2) is 12.1 Å². The smallest absolute Gasteiger partial charge is 0.190 e. The highest BCUT2D eigenvalue weighted by Gasteiger charge is 2.66. The van der Waals surface area contributed by atoms with Crippen LogP contribution in [-0.4, -0.2) is 41.1 Å². The van der Waals surface area contributed by atoms with Gasteiger partial charge in [0.1, 0.15) is 23.9 Å². The zero-order chi connectivity index (χ0) is 16.1. The van der Waals surface area contributed by atoms with Crippen LogP contribution >= 0.6 is 0 Å². The Morgan fingerprint density at radius 3 is 2.74 bits per heavy atom. The molecule has 0 spiro atoms. The minimum Gasteiger partial charge on any atom is -0.386 e. The van der Waals surface area contributed by atoms with Gasteiger partial charge in [0.05, 0.1) is 6.61 Å². The summed E-state index contributed by atoms with van der Waals surface area (Å²) in [6.45, 7) is 4.17. The summed E-state index contributed by atoms with van der Waals surface area (Å²) in [6.07, 6.45) is 2.24. The van der Waals surface area contributed by atoms with Crippen LogP contribution in [0.15, 0.2) is 42.5 Å². The molecule has 2 heterocycles. The van der Waals surface area contributed by atoms with E-state index in [1.54, 1.807) is 6.08 Å². The number of aliphatic hydroxyl groups excluding tert-OH is 1. The van der Waals surface area contributed by atoms with Crippen molar-refractivity contribution < 1.29 is 24.1 Å². The van der Waals surface area contributed by atoms with Gasteiger partial charge in [-0.25, -0.2) is 0 Å². The van der Waals surface area contributed by atoms with Gasteiger partial charge in [-0.1, -0.05) is 42.5 Å². The second-order valence-corrected chi connectivity index (χ2v) is 6.83. The standard InChI is InChI=1S/C18H22O5/c1-17(2)22-15-16(23-17)21-14-13(19)9-6-10-18(14,15)20-11-12-7-4-3-5-8-12/h3-9,13-16,19H,10-11H2,1-2H3/t13-,14+,15-,16+,18+/m0/s1. The molecule has 5 atom stereocenters. The van der Waals surface area contributed by atoms with Crippen molar-refractivity contribution in [3.05, 3.63) is 48.0 Å². The van der Waals surface area contributed by atoms with Crippen LogP contribution in [0, 0.1) is 0 Å². The van der Waals surface area contributed by atoms with E-state index in [0.717, 1.165) is 5.56 Å². The Labute approximate surface area is 135 Å². The number of hydrogen-bond donors (Lipinski definition) is 1. The van der Waals surface area contributed by atoms with Crippen molar-refractivity contribution in [2.45, 2.75) is 62.9 Å². The van der Waals surface area contributed by atoms with Gasteiger partial charge in [0.2, 0.25) is 0 Å². The summed E-state index contributed by atoms with van der Waals surface area (Å²) in [6, 6.07) is 9.97. The van der Waals surface area contributed by atoms with Crippen LogP contribution in [0.2, 0.25) is 0 Å². The second-order valence-electron chi connectivity index (χ2n) is 6.83. The van der Waals surface area contributed by atoms with E-state index < -0.39 is 29.9 Å². The van der Waals surface area contributed by atoms with E-state index in [4.69, 9.17) is 18.9 Å². The third-order valence-corrected chi connectivity index (χ3v) is 4.73. The summed E-state index contributed by atoms with van der Waals surface area (Å²) in [7, 11) is 0. The Kier molecular flexibility index (Phi) is 3.59. The monoisotopic (exact) mass is 318 g/mol. The van der Waals surface area contributed by atoms with Gasteiger partial charge >= 0.3 is 0 Å². The first-order valence-corrected chi connectivity index (χ1v) is 8.04. The van der Waals surface area contributed by atoms with Crippen molar-refractivity contribution >= 4 is 0 Å². The minimum atomic E-state index is -0.734. The molecule has 1 aromatic carbocycles. The van der Waals surface area contributed by atoms with Crippen molar-refractivity contribution in [2.24, 2.45) is 0 Å². The zero-order valence-electron chi connectivity index (χ0n) is 13.3. The van der Waals surface area contributed by atoms with Crippen LogP contribution in [0.25, 0.3) is 0 Å². The van der Waals surface area contributed by atoms with Gasteiger partial charge in [-0.15, -0.1) is 0 Å². The lowest BCUT2D eigenvalue weighted by Gasteiger charge is -2.40. The molecule has 2 saturated heterocycles. The molecular weight excluding hydrogens is 296 g/mol. The summed E-state index contributed by atoms with van der Waals surface area (Å²) in [5.74, 6) is -0.713. The number of fused-ring (bicyclic) bond motifs is 3. The molecule has 0 unspecified atom stereocenters. The molecule has 3 aliphatic rings. The molecule has 0 saturated carbocycles. The fraction of sp³-hybridized carbons (Fsp3) is 0.556. The van der Waals surface area contributed by atoms with E-state index >= 15 is 0 Å². The number of rotatable bonds is 3. The molecule has 23 heavy (non-hydrogen) atoms. The van der Waals surface area contributed by atoms with Gasteiger partial charge in [-0.3, -0.25) is 0 Å². The molecule has 2 aliphatic heterocycles. The molecule has 124 valence electrons. The van der Waals surface area contributed by atoms with E-state index in [-0.39, 0.29) is 6.10 Å². The van der Waals surface area contributed by atoms with Gasteiger partial charge in [-0.2, -0.15) is 0 Å². The molecular formula is C18H22O5. The van der Waals surface area contributed by atoms with Crippen molar-refractivity contribution in [2.75, 3.05) is 0 Å². The molecule has 0 amide bonds.